The quantitative estimate of drug-likeness (QED) is 0.0205. The number of unbranched alkanes of at least 4 members (excludes halogenated alkanes) is 17. The molecule has 3 atom stereocenters. The fourth-order valence-corrected chi connectivity index (χ4v) is 8.94. The Bertz CT molecular complexity index is 1880. The zero-order valence-electron chi connectivity index (χ0n) is 51.8. The van der Waals surface area contributed by atoms with Crippen molar-refractivity contribution in [3.05, 3.63) is 146 Å². The zero-order chi connectivity index (χ0) is 58.6. The Morgan fingerprint density at radius 1 is 0.450 bits per heavy atom. The maximum Gasteiger partial charge on any atom is 0.472 e. The first-order valence-electron chi connectivity index (χ1n) is 31.7. The summed E-state index contributed by atoms with van der Waals surface area (Å²) in [6.07, 6.45) is 84.2. The number of amides is 1. The van der Waals surface area contributed by atoms with Crippen LogP contribution in [0.1, 0.15) is 233 Å². The summed E-state index contributed by atoms with van der Waals surface area (Å²) in [7, 11) is 1.43. The SMILES string of the molecule is CC/C=C\C/C=C\C/C=C\C/C=C\C/C=C\C/C=C\CCCCC(=O)OC(/C=C/CCCCCCCCCCCC)C(COP(=O)(O)OCC[N+](C)(C)C)NC(=O)CCCCCCC/C=C\C/C=C\C/C=C\C/C=C\C/C=C\CC. The lowest BCUT2D eigenvalue weighted by Crippen LogP contribution is -2.47. The van der Waals surface area contributed by atoms with E-state index in [9.17, 15) is 19.0 Å². The van der Waals surface area contributed by atoms with Gasteiger partial charge < -0.3 is 19.4 Å². The van der Waals surface area contributed by atoms with Crippen LogP contribution in [-0.4, -0.2) is 74.3 Å². The molecule has 0 rings (SSSR count). The minimum absolute atomic E-state index is 0.0202. The number of hydrogen-bond donors (Lipinski definition) is 2. The second-order valence-electron chi connectivity index (χ2n) is 21.8. The smallest absolute Gasteiger partial charge is 0.456 e. The number of rotatable bonds is 55. The Morgan fingerprint density at radius 2 is 0.800 bits per heavy atom. The number of likely N-dealkylation sites (N-methyl/N-ethyl adjacent to an activating group) is 1. The molecule has 0 aliphatic heterocycles. The lowest BCUT2D eigenvalue weighted by molar-refractivity contribution is -0.870. The van der Waals surface area contributed by atoms with E-state index in [0.29, 0.717) is 30.3 Å². The number of esters is 1. The minimum atomic E-state index is -4.48. The van der Waals surface area contributed by atoms with Crippen LogP contribution in [0.5, 0.6) is 0 Å². The number of phosphoric acid groups is 1. The zero-order valence-corrected chi connectivity index (χ0v) is 52.7. The van der Waals surface area contributed by atoms with Crippen molar-refractivity contribution < 1.29 is 37.3 Å². The fraction of sp³-hybridized carbons (Fsp3) is 0.629. The highest BCUT2D eigenvalue weighted by molar-refractivity contribution is 7.47. The number of allylic oxidation sites excluding steroid dienone is 23. The molecule has 80 heavy (non-hydrogen) atoms. The molecule has 0 aromatic carbocycles. The molecule has 0 aliphatic rings. The molecule has 0 aromatic heterocycles. The number of nitrogens with zero attached hydrogens (tertiary/aromatic N) is 1. The summed E-state index contributed by atoms with van der Waals surface area (Å²) in [5.74, 6) is -0.590. The van der Waals surface area contributed by atoms with Crippen LogP contribution in [0.4, 0.5) is 0 Å². The Balaban J connectivity index is 5.37. The van der Waals surface area contributed by atoms with Gasteiger partial charge in [-0.15, -0.1) is 0 Å². The van der Waals surface area contributed by atoms with Crippen molar-refractivity contribution in [1.29, 1.82) is 0 Å². The topological polar surface area (TPSA) is 111 Å². The number of phosphoric ester groups is 1. The number of ether oxygens (including phenoxy) is 1. The van der Waals surface area contributed by atoms with Gasteiger partial charge in [0, 0.05) is 12.8 Å². The molecule has 0 aliphatic carbocycles. The van der Waals surface area contributed by atoms with E-state index >= 15 is 0 Å². The summed E-state index contributed by atoms with van der Waals surface area (Å²) >= 11 is 0. The first kappa shape index (κ1) is 75.9. The maximum absolute atomic E-state index is 13.6. The van der Waals surface area contributed by atoms with E-state index in [0.717, 1.165) is 135 Å². The maximum atomic E-state index is 13.6. The normalized spacial score (nSPS) is 14.6. The molecule has 0 saturated carbocycles. The van der Waals surface area contributed by atoms with Gasteiger partial charge in [0.1, 0.15) is 19.3 Å². The van der Waals surface area contributed by atoms with Gasteiger partial charge in [-0.25, -0.2) is 4.57 Å². The molecular weight excluding hydrogens is 1010 g/mol. The monoisotopic (exact) mass is 1130 g/mol. The van der Waals surface area contributed by atoms with Crippen LogP contribution in [0, 0.1) is 0 Å². The van der Waals surface area contributed by atoms with Crippen LogP contribution in [0.25, 0.3) is 0 Å². The highest BCUT2D eigenvalue weighted by Crippen LogP contribution is 2.43. The van der Waals surface area contributed by atoms with Gasteiger partial charge in [-0.1, -0.05) is 238 Å². The summed E-state index contributed by atoms with van der Waals surface area (Å²) in [6.45, 7) is 6.72. The molecule has 9 nitrogen and oxygen atoms in total. The number of hydrogen-bond acceptors (Lipinski definition) is 6. The molecule has 10 heteroatoms. The lowest BCUT2D eigenvalue weighted by Gasteiger charge is -2.27. The first-order valence-corrected chi connectivity index (χ1v) is 33.2. The van der Waals surface area contributed by atoms with Gasteiger partial charge >= 0.3 is 13.8 Å². The summed E-state index contributed by atoms with van der Waals surface area (Å²) < 4.78 is 30.7. The number of carbonyl (C=O) groups excluding carboxylic acids is 2. The van der Waals surface area contributed by atoms with E-state index in [4.69, 9.17) is 13.8 Å². The molecule has 0 bridgehead atoms. The van der Waals surface area contributed by atoms with Crippen LogP contribution < -0.4 is 5.32 Å². The average Bonchev–Trinajstić information content (AvgIpc) is 3.42. The standard InChI is InChI=1S/C70H117N2O7P/c1-7-10-13-16-19-22-25-28-30-32-34-36-38-40-42-44-47-50-53-56-59-62-69(73)71-67(66-78-80(75,76)77-65-64-72(4,5)6)68(61-58-55-52-49-46-27-24-21-18-15-12-9-3)79-70(74)63-60-57-54-51-48-45-43-41-39-37-35-33-31-29-26-23-20-17-14-11-8-2/h10-11,13-14,19-20,22-23,28-31,34-37,40-43,48,51,58,61,67-68H,7-9,12,15-18,21,24-27,32-33,38-39,44-47,49-50,52-57,59-60,62-66H2,1-6H3,(H-,71,73,75,76)/p+1/b13-10-,14-11-,22-19-,23-20-,30-28-,31-29-,36-34-,37-35-,42-40-,43-41-,51-48-,61-58+. The molecule has 0 saturated heterocycles. The molecule has 2 N–H and O–H groups in total. The molecule has 454 valence electrons. The fourth-order valence-electron chi connectivity index (χ4n) is 8.20. The van der Waals surface area contributed by atoms with Gasteiger partial charge in [0.05, 0.1) is 33.8 Å². The Morgan fingerprint density at radius 3 is 1.21 bits per heavy atom. The van der Waals surface area contributed by atoms with Crippen molar-refractivity contribution in [2.45, 2.75) is 245 Å². The highest BCUT2D eigenvalue weighted by atomic mass is 31.2. The van der Waals surface area contributed by atoms with E-state index in [1.807, 2.05) is 33.3 Å². The minimum Gasteiger partial charge on any atom is -0.456 e. The van der Waals surface area contributed by atoms with E-state index in [1.54, 1.807) is 0 Å². The van der Waals surface area contributed by atoms with E-state index in [1.165, 1.54) is 51.4 Å². The van der Waals surface area contributed by atoms with Gasteiger partial charge in [0.2, 0.25) is 5.91 Å². The second-order valence-corrected chi connectivity index (χ2v) is 23.3. The van der Waals surface area contributed by atoms with Crippen LogP contribution in [0.2, 0.25) is 0 Å². The largest absolute Gasteiger partial charge is 0.472 e. The predicted molar refractivity (Wildman–Crippen MR) is 346 cm³/mol. The average molecular weight is 1130 g/mol. The molecule has 0 aromatic rings. The van der Waals surface area contributed by atoms with Crippen molar-refractivity contribution in [3.63, 3.8) is 0 Å². The van der Waals surface area contributed by atoms with Gasteiger partial charge in [-0.2, -0.15) is 0 Å². The summed E-state index contributed by atoms with van der Waals surface area (Å²) in [5.41, 5.74) is 0. The molecule has 3 unspecified atom stereocenters. The van der Waals surface area contributed by atoms with Crippen molar-refractivity contribution in [2.75, 3.05) is 40.9 Å². The van der Waals surface area contributed by atoms with E-state index in [-0.39, 0.29) is 31.5 Å². The molecule has 0 heterocycles. The van der Waals surface area contributed by atoms with Gasteiger partial charge in [-0.05, 0) is 128 Å². The van der Waals surface area contributed by atoms with Gasteiger partial charge in [-0.3, -0.25) is 18.6 Å². The van der Waals surface area contributed by atoms with Crippen molar-refractivity contribution >= 4 is 19.7 Å². The first-order chi connectivity index (χ1) is 38.9. The summed E-state index contributed by atoms with van der Waals surface area (Å²) in [6, 6.07) is -0.889. The number of quaternary nitrogens is 1. The van der Waals surface area contributed by atoms with E-state index < -0.39 is 20.0 Å². The number of nitrogens with one attached hydrogen (secondary N) is 1. The Kier molecular flexibility index (Phi) is 55.1. The van der Waals surface area contributed by atoms with Crippen LogP contribution in [-0.2, 0) is 27.9 Å². The third-order valence-corrected chi connectivity index (χ3v) is 14.0. The van der Waals surface area contributed by atoms with Gasteiger partial charge in [0.15, 0.2) is 0 Å². The Hall–Kier alpha value is -4.11. The Labute approximate surface area is 491 Å². The molecule has 0 radical (unpaired) electrons. The summed E-state index contributed by atoms with van der Waals surface area (Å²) in [5, 5.41) is 3.03. The molecule has 1 amide bonds. The van der Waals surface area contributed by atoms with E-state index in [2.05, 4.69) is 160 Å². The summed E-state index contributed by atoms with van der Waals surface area (Å²) in [4.78, 5) is 37.7. The third-order valence-electron chi connectivity index (χ3n) is 13.0. The van der Waals surface area contributed by atoms with Crippen molar-refractivity contribution in [3.8, 4) is 0 Å². The van der Waals surface area contributed by atoms with Crippen molar-refractivity contribution in [2.24, 2.45) is 0 Å². The van der Waals surface area contributed by atoms with Crippen LogP contribution >= 0.6 is 7.82 Å². The molecular formula is C70H118N2O7P+. The van der Waals surface area contributed by atoms with Crippen LogP contribution in [0.3, 0.4) is 0 Å². The van der Waals surface area contributed by atoms with Crippen LogP contribution in [0.15, 0.2) is 146 Å². The molecule has 0 spiro atoms. The third kappa shape index (κ3) is 58.5. The predicted octanol–water partition coefficient (Wildman–Crippen LogP) is 19.8. The highest BCUT2D eigenvalue weighted by Gasteiger charge is 2.30. The van der Waals surface area contributed by atoms with Crippen molar-refractivity contribution in [1.82, 2.24) is 5.32 Å². The molecule has 0 fully saturated rings. The lowest BCUT2D eigenvalue weighted by atomic mass is 10.0. The second kappa shape index (κ2) is 58.1. The number of carbonyl (C=O) groups is 2. The van der Waals surface area contributed by atoms with Gasteiger partial charge in [0.25, 0.3) is 0 Å².